The zero-order valence-electron chi connectivity index (χ0n) is 21.5. The molecule has 0 saturated carbocycles. The summed E-state index contributed by atoms with van der Waals surface area (Å²) in [4.78, 5) is 46.3. The van der Waals surface area contributed by atoms with Crippen LogP contribution in [0.4, 0.5) is 29.3 Å². The van der Waals surface area contributed by atoms with Crippen LogP contribution in [0.15, 0.2) is 54.6 Å². The van der Waals surface area contributed by atoms with Gasteiger partial charge in [-0.1, -0.05) is 18.2 Å². The Labute approximate surface area is 220 Å². The Morgan fingerprint density at radius 2 is 1.58 bits per heavy atom. The highest BCUT2D eigenvalue weighted by atomic mass is 19.4. The predicted molar refractivity (Wildman–Crippen MR) is 137 cm³/mol. The Morgan fingerprint density at radius 1 is 0.974 bits per heavy atom. The molecule has 1 spiro atoms. The molecular weight excluding hydrogens is 499 g/mol. The summed E-state index contributed by atoms with van der Waals surface area (Å²) in [6.45, 7) is 5.74. The molecule has 2 aromatic rings. The van der Waals surface area contributed by atoms with E-state index in [1.165, 1.54) is 12.1 Å². The Balaban J connectivity index is 1.47. The van der Waals surface area contributed by atoms with Gasteiger partial charge in [0.25, 0.3) is 5.91 Å². The van der Waals surface area contributed by atoms with Gasteiger partial charge in [-0.2, -0.15) is 13.2 Å². The van der Waals surface area contributed by atoms with Crippen LogP contribution >= 0.6 is 0 Å². The molecule has 0 unspecified atom stereocenters. The van der Waals surface area contributed by atoms with E-state index in [0.29, 0.717) is 25.9 Å². The number of para-hydroxylation sites is 1. The number of amides is 4. The SMILES string of the molecule is CCN(CC)C(=O)CN1CN(c2ccccc2)C2(CCN(C(=O)Nc3ccc(C(F)(F)F)cc3)CC2)C1=O. The molecule has 0 bridgehead atoms. The molecule has 8 nitrogen and oxygen atoms in total. The van der Waals surface area contributed by atoms with E-state index < -0.39 is 23.3 Å². The Kier molecular flexibility index (Phi) is 7.84. The Hall–Kier alpha value is -3.76. The number of nitrogens with zero attached hydrogens (tertiary/aromatic N) is 4. The lowest BCUT2D eigenvalue weighted by molar-refractivity contribution is -0.140. The lowest BCUT2D eigenvalue weighted by atomic mass is 9.85. The maximum Gasteiger partial charge on any atom is 0.416 e. The molecular formula is C27H32F3N5O3. The van der Waals surface area contributed by atoms with Gasteiger partial charge in [-0.3, -0.25) is 9.59 Å². The number of carbonyl (C=O) groups excluding carboxylic acids is 3. The van der Waals surface area contributed by atoms with Crippen LogP contribution in [0.5, 0.6) is 0 Å². The number of alkyl halides is 3. The summed E-state index contributed by atoms with van der Waals surface area (Å²) < 4.78 is 38.5. The summed E-state index contributed by atoms with van der Waals surface area (Å²) >= 11 is 0. The zero-order valence-corrected chi connectivity index (χ0v) is 21.5. The van der Waals surface area contributed by atoms with Crippen molar-refractivity contribution in [1.82, 2.24) is 14.7 Å². The molecule has 0 aromatic heterocycles. The number of anilines is 2. The van der Waals surface area contributed by atoms with Crippen molar-refractivity contribution in [2.24, 2.45) is 0 Å². The van der Waals surface area contributed by atoms with Crippen LogP contribution in [0.1, 0.15) is 32.3 Å². The number of likely N-dealkylation sites (tertiary alicyclic amines) is 1. The molecule has 38 heavy (non-hydrogen) atoms. The first-order valence-corrected chi connectivity index (χ1v) is 12.7. The van der Waals surface area contributed by atoms with Crippen molar-refractivity contribution >= 4 is 29.2 Å². The average molecular weight is 532 g/mol. The van der Waals surface area contributed by atoms with Crippen molar-refractivity contribution in [2.45, 2.75) is 38.4 Å². The van der Waals surface area contributed by atoms with E-state index in [1.54, 1.807) is 14.7 Å². The second-order valence-corrected chi connectivity index (χ2v) is 9.50. The van der Waals surface area contributed by atoms with Crippen LogP contribution in [0.25, 0.3) is 0 Å². The van der Waals surface area contributed by atoms with Gasteiger partial charge in [0.1, 0.15) is 12.1 Å². The van der Waals surface area contributed by atoms with Crippen molar-refractivity contribution in [2.75, 3.05) is 49.6 Å². The number of rotatable bonds is 6. The molecule has 2 aromatic carbocycles. The number of benzene rings is 2. The van der Waals surface area contributed by atoms with Crippen molar-refractivity contribution in [3.05, 3.63) is 60.2 Å². The quantitative estimate of drug-likeness (QED) is 0.605. The largest absolute Gasteiger partial charge is 0.416 e. The van der Waals surface area contributed by atoms with Gasteiger partial charge < -0.3 is 24.9 Å². The minimum Gasteiger partial charge on any atom is -0.342 e. The number of carbonyl (C=O) groups is 3. The van der Waals surface area contributed by atoms with Gasteiger partial charge in [-0.15, -0.1) is 0 Å². The molecule has 2 saturated heterocycles. The Morgan fingerprint density at radius 3 is 2.13 bits per heavy atom. The minimum absolute atomic E-state index is 0.0102. The smallest absolute Gasteiger partial charge is 0.342 e. The number of hydrogen-bond donors (Lipinski definition) is 1. The maximum absolute atomic E-state index is 13.8. The van der Waals surface area contributed by atoms with Crippen LogP contribution in [0, 0.1) is 0 Å². The third-order valence-electron chi connectivity index (χ3n) is 7.37. The maximum atomic E-state index is 13.8. The van der Waals surface area contributed by atoms with Gasteiger partial charge in [0.2, 0.25) is 5.91 Å². The van der Waals surface area contributed by atoms with Gasteiger partial charge in [0.15, 0.2) is 0 Å². The summed E-state index contributed by atoms with van der Waals surface area (Å²) in [7, 11) is 0. The molecule has 2 heterocycles. The fourth-order valence-electron chi connectivity index (χ4n) is 5.19. The van der Waals surface area contributed by atoms with Gasteiger partial charge in [0.05, 0.1) is 12.2 Å². The van der Waals surface area contributed by atoms with E-state index in [0.717, 1.165) is 17.8 Å². The van der Waals surface area contributed by atoms with Crippen molar-refractivity contribution in [3.8, 4) is 0 Å². The fourth-order valence-corrected chi connectivity index (χ4v) is 5.19. The minimum atomic E-state index is -4.45. The summed E-state index contributed by atoms with van der Waals surface area (Å²) in [6, 6.07) is 13.4. The predicted octanol–water partition coefficient (Wildman–Crippen LogP) is 4.25. The number of piperidine rings is 1. The first kappa shape index (κ1) is 27.3. The molecule has 0 radical (unpaired) electrons. The Bertz CT molecular complexity index is 1140. The highest BCUT2D eigenvalue weighted by Gasteiger charge is 2.54. The van der Waals surface area contributed by atoms with Crippen LogP contribution in [-0.2, 0) is 15.8 Å². The van der Waals surface area contributed by atoms with Crippen molar-refractivity contribution < 1.29 is 27.6 Å². The van der Waals surface area contributed by atoms with Crippen molar-refractivity contribution in [1.29, 1.82) is 0 Å². The number of hydrogen-bond acceptors (Lipinski definition) is 4. The fraction of sp³-hybridized carbons (Fsp3) is 0.444. The monoisotopic (exact) mass is 531 g/mol. The molecule has 11 heteroatoms. The van der Waals surface area contributed by atoms with Crippen LogP contribution in [0.3, 0.4) is 0 Å². The van der Waals surface area contributed by atoms with E-state index in [4.69, 9.17) is 0 Å². The highest BCUT2D eigenvalue weighted by Crippen LogP contribution is 2.39. The van der Waals surface area contributed by atoms with Crippen LogP contribution in [0.2, 0.25) is 0 Å². The van der Waals surface area contributed by atoms with Gasteiger partial charge >= 0.3 is 12.2 Å². The third kappa shape index (κ3) is 5.41. The molecule has 2 fully saturated rings. The molecule has 2 aliphatic rings. The van der Waals surface area contributed by atoms with E-state index >= 15 is 0 Å². The second kappa shape index (κ2) is 10.9. The summed E-state index contributed by atoms with van der Waals surface area (Å²) in [5, 5.41) is 2.64. The van der Waals surface area contributed by atoms with Crippen LogP contribution in [-0.4, -0.2) is 77.5 Å². The third-order valence-corrected chi connectivity index (χ3v) is 7.37. The molecule has 4 rings (SSSR count). The molecule has 2 aliphatic heterocycles. The summed E-state index contributed by atoms with van der Waals surface area (Å²) in [5.41, 5.74) is -0.565. The normalized spacial score (nSPS) is 17.2. The summed E-state index contributed by atoms with van der Waals surface area (Å²) in [6.07, 6.45) is -3.74. The second-order valence-electron chi connectivity index (χ2n) is 9.50. The first-order valence-electron chi connectivity index (χ1n) is 12.7. The highest BCUT2D eigenvalue weighted by molar-refractivity contribution is 5.97. The standard InChI is InChI=1S/C27H32F3N5O3/c1-3-32(4-2)23(36)18-34-19-35(22-8-6-5-7-9-22)26(24(34)37)14-16-33(17-15-26)25(38)31-21-12-10-20(11-13-21)27(28,29)30/h5-13H,3-4,14-19H2,1-2H3,(H,31,38). The zero-order chi connectivity index (χ0) is 27.5. The van der Waals surface area contributed by atoms with E-state index in [1.807, 2.05) is 49.1 Å². The lowest BCUT2D eigenvalue weighted by Crippen LogP contribution is -2.58. The molecule has 0 aliphatic carbocycles. The number of urea groups is 1. The topological polar surface area (TPSA) is 76.2 Å². The molecule has 0 atom stereocenters. The molecule has 1 N–H and O–H groups in total. The lowest BCUT2D eigenvalue weighted by Gasteiger charge is -2.43. The number of likely N-dealkylation sites (N-methyl/N-ethyl adjacent to an activating group) is 1. The number of nitrogens with one attached hydrogen (secondary N) is 1. The van der Waals surface area contributed by atoms with Gasteiger partial charge in [-0.05, 0) is 63.1 Å². The van der Waals surface area contributed by atoms with Crippen molar-refractivity contribution in [3.63, 3.8) is 0 Å². The average Bonchev–Trinajstić information content (AvgIpc) is 3.16. The molecule has 204 valence electrons. The van der Waals surface area contributed by atoms with Gasteiger partial charge in [-0.25, -0.2) is 4.79 Å². The first-order chi connectivity index (χ1) is 18.1. The number of halogens is 3. The van der Waals surface area contributed by atoms with Crippen LogP contribution < -0.4 is 10.2 Å². The van der Waals surface area contributed by atoms with E-state index in [-0.39, 0.29) is 43.8 Å². The van der Waals surface area contributed by atoms with E-state index in [2.05, 4.69) is 5.32 Å². The summed E-state index contributed by atoms with van der Waals surface area (Å²) in [5.74, 6) is -0.244. The van der Waals surface area contributed by atoms with Gasteiger partial charge in [0, 0.05) is 37.6 Å². The molecule has 4 amide bonds. The van der Waals surface area contributed by atoms with E-state index in [9.17, 15) is 27.6 Å².